The highest BCUT2D eigenvalue weighted by Crippen LogP contribution is 2.22. The van der Waals surface area contributed by atoms with Crippen molar-refractivity contribution in [3.63, 3.8) is 0 Å². The molecule has 2 atom stereocenters. The topological polar surface area (TPSA) is 103 Å². The van der Waals surface area contributed by atoms with E-state index in [4.69, 9.17) is 21.6 Å². The lowest BCUT2D eigenvalue weighted by Gasteiger charge is -2.19. The number of hydrogen-bond donors (Lipinski definition) is 3. The number of halogens is 1. The summed E-state index contributed by atoms with van der Waals surface area (Å²) in [5.41, 5.74) is 1.39. The summed E-state index contributed by atoms with van der Waals surface area (Å²) in [5.74, 6) is 0. The number of ether oxygens (including phenoxy) is 1. The standard InChI is InChI=1S/C18H17ClN2O4/c19-15-7-13(9-20)6-14(8-15)17(23)16(22)10-21-18(24)25-11-12-4-2-1-3-5-12/h1-8,16-17,22-23H,10-11H2,(H,21,24). The van der Waals surface area contributed by atoms with Gasteiger partial charge in [-0.15, -0.1) is 0 Å². The van der Waals surface area contributed by atoms with E-state index in [-0.39, 0.29) is 29.3 Å². The third kappa shape index (κ3) is 5.76. The molecule has 0 bridgehead atoms. The predicted molar refractivity (Wildman–Crippen MR) is 91.8 cm³/mol. The van der Waals surface area contributed by atoms with Crippen LogP contribution in [-0.4, -0.2) is 29.0 Å². The first-order chi connectivity index (χ1) is 12.0. The molecule has 2 unspecified atom stereocenters. The van der Waals surface area contributed by atoms with Gasteiger partial charge in [0.15, 0.2) is 0 Å². The third-order valence-corrected chi connectivity index (χ3v) is 3.64. The minimum Gasteiger partial charge on any atom is -0.445 e. The zero-order valence-corrected chi connectivity index (χ0v) is 14.0. The van der Waals surface area contributed by atoms with Crippen molar-refractivity contribution in [1.82, 2.24) is 5.32 Å². The third-order valence-electron chi connectivity index (χ3n) is 3.42. The molecule has 0 radical (unpaired) electrons. The van der Waals surface area contributed by atoms with Gasteiger partial charge in [0, 0.05) is 11.6 Å². The monoisotopic (exact) mass is 360 g/mol. The van der Waals surface area contributed by atoms with E-state index < -0.39 is 18.3 Å². The molecule has 1 amide bonds. The van der Waals surface area contributed by atoms with Crippen LogP contribution >= 0.6 is 11.6 Å². The second-order valence-electron chi connectivity index (χ2n) is 5.34. The minimum atomic E-state index is -1.31. The Morgan fingerprint density at radius 1 is 1.24 bits per heavy atom. The maximum absolute atomic E-state index is 11.6. The van der Waals surface area contributed by atoms with Crippen LogP contribution in [0.15, 0.2) is 48.5 Å². The Kier molecular flexibility index (Phi) is 6.78. The molecule has 0 saturated heterocycles. The summed E-state index contributed by atoms with van der Waals surface area (Å²) in [6.07, 6.45) is -3.30. The number of aliphatic hydroxyl groups excluding tert-OH is 2. The van der Waals surface area contributed by atoms with Gasteiger partial charge in [-0.05, 0) is 29.3 Å². The van der Waals surface area contributed by atoms with Crippen molar-refractivity contribution in [3.05, 3.63) is 70.2 Å². The van der Waals surface area contributed by atoms with E-state index in [1.165, 1.54) is 18.2 Å². The van der Waals surface area contributed by atoms with Gasteiger partial charge in [0.25, 0.3) is 0 Å². The van der Waals surface area contributed by atoms with E-state index in [1.807, 2.05) is 36.4 Å². The predicted octanol–water partition coefficient (Wildman–Crippen LogP) is 2.53. The van der Waals surface area contributed by atoms with Crippen LogP contribution in [0, 0.1) is 11.3 Å². The van der Waals surface area contributed by atoms with Gasteiger partial charge < -0.3 is 20.3 Å². The normalized spacial score (nSPS) is 12.7. The van der Waals surface area contributed by atoms with Gasteiger partial charge in [0.1, 0.15) is 18.8 Å². The van der Waals surface area contributed by atoms with Crippen LogP contribution < -0.4 is 5.32 Å². The Morgan fingerprint density at radius 2 is 1.96 bits per heavy atom. The van der Waals surface area contributed by atoms with Gasteiger partial charge in [-0.1, -0.05) is 41.9 Å². The molecule has 0 aromatic heterocycles. The number of nitrogens with zero attached hydrogens (tertiary/aromatic N) is 1. The van der Waals surface area contributed by atoms with Gasteiger partial charge in [-0.3, -0.25) is 0 Å². The first-order valence-corrected chi connectivity index (χ1v) is 7.88. The molecule has 7 heteroatoms. The van der Waals surface area contributed by atoms with E-state index in [9.17, 15) is 15.0 Å². The molecule has 25 heavy (non-hydrogen) atoms. The van der Waals surface area contributed by atoms with E-state index in [1.54, 1.807) is 0 Å². The van der Waals surface area contributed by atoms with Gasteiger partial charge in [-0.2, -0.15) is 5.26 Å². The Balaban J connectivity index is 1.85. The van der Waals surface area contributed by atoms with Crippen LogP contribution in [0.25, 0.3) is 0 Å². The smallest absolute Gasteiger partial charge is 0.407 e. The minimum absolute atomic E-state index is 0.102. The number of carbonyl (C=O) groups excluding carboxylic acids is 1. The highest BCUT2D eigenvalue weighted by Gasteiger charge is 2.20. The first-order valence-electron chi connectivity index (χ1n) is 7.51. The number of aliphatic hydroxyl groups is 2. The lowest BCUT2D eigenvalue weighted by atomic mass is 10.0. The average Bonchev–Trinajstić information content (AvgIpc) is 2.64. The molecule has 0 aliphatic rings. The van der Waals surface area contributed by atoms with Gasteiger partial charge in [0.05, 0.1) is 11.6 Å². The van der Waals surface area contributed by atoms with Crippen molar-refractivity contribution in [3.8, 4) is 6.07 Å². The Hall–Kier alpha value is -2.59. The molecule has 0 aliphatic heterocycles. The summed E-state index contributed by atoms with van der Waals surface area (Å²) in [6, 6.07) is 15.4. The summed E-state index contributed by atoms with van der Waals surface area (Å²) < 4.78 is 5.01. The first kappa shape index (κ1) is 18.7. The Bertz CT molecular complexity index is 761. The van der Waals surface area contributed by atoms with Crippen molar-refractivity contribution in [2.24, 2.45) is 0 Å². The molecule has 0 fully saturated rings. The molecule has 3 N–H and O–H groups in total. The second kappa shape index (κ2) is 9.04. The highest BCUT2D eigenvalue weighted by atomic mass is 35.5. The van der Waals surface area contributed by atoms with Crippen LogP contribution in [0.2, 0.25) is 5.02 Å². The van der Waals surface area contributed by atoms with Crippen molar-refractivity contribution in [2.45, 2.75) is 18.8 Å². The number of alkyl carbamates (subject to hydrolysis) is 1. The molecule has 6 nitrogen and oxygen atoms in total. The summed E-state index contributed by atoms with van der Waals surface area (Å²) in [7, 11) is 0. The number of carbonyl (C=O) groups is 1. The van der Waals surface area contributed by atoms with E-state index in [0.717, 1.165) is 5.56 Å². The zero-order chi connectivity index (χ0) is 18.2. The zero-order valence-electron chi connectivity index (χ0n) is 13.2. The summed E-state index contributed by atoms with van der Waals surface area (Å²) in [5, 5.41) is 31.7. The SMILES string of the molecule is N#Cc1cc(Cl)cc(C(O)C(O)CNC(=O)OCc2ccccc2)c1. The Morgan fingerprint density at radius 3 is 2.64 bits per heavy atom. The molecule has 2 rings (SSSR count). The fourth-order valence-corrected chi connectivity index (χ4v) is 2.39. The average molecular weight is 361 g/mol. The lowest BCUT2D eigenvalue weighted by molar-refractivity contribution is 0.0184. The number of amides is 1. The van der Waals surface area contributed by atoms with E-state index in [0.29, 0.717) is 0 Å². The van der Waals surface area contributed by atoms with Crippen LogP contribution in [0.5, 0.6) is 0 Å². The molecular weight excluding hydrogens is 344 g/mol. The number of hydrogen-bond acceptors (Lipinski definition) is 5. The van der Waals surface area contributed by atoms with Crippen LogP contribution in [-0.2, 0) is 11.3 Å². The number of nitrogens with one attached hydrogen (secondary N) is 1. The molecule has 0 spiro atoms. The fourth-order valence-electron chi connectivity index (χ4n) is 2.14. The van der Waals surface area contributed by atoms with Crippen LogP contribution in [0.1, 0.15) is 22.8 Å². The number of nitriles is 1. The maximum atomic E-state index is 11.6. The second-order valence-corrected chi connectivity index (χ2v) is 5.78. The Labute approximate surface area is 150 Å². The molecule has 0 aliphatic carbocycles. The summed E-state index contributed by atoms with van der Waals surface area (Å²) in [4.78, 5) is 11.6. The van der Waals surface area contributed by atoms with E-state index in [2.05, 4.69) is 5.32 Å². The molecule has 2 aromatic carbocycles. The van der Waals surface area contributed by atoms with Crippen molar-refractivity contribution in [2.75, 3.05) is 6.54 Å². The summed E-state index contributed by atoms with van der Waals surface area (Å²) >= 11 is 5.87. The van der Waals surface area contributed by atoms with Crippen LogP contribution in [0.4, 0.5) is 4.79 Å². The van der Waals surface area contributed by atoms with Gasteiger partial charge in [-0.25, -0.2) is 4.79 Å². The molecule has 130 valence electrons. The molecular formula is C18H17ClN2O4. The van der Waals surface area contributed by atoms with Crippen molar-refractivity contribution in [1.29, 1.82) is 5.26 Å². The number of benzene rings is 2. The molecule has 0 saturated carbocycles. The molecule has 0 heterocycles. The van der Waals surface area contributed by atoms with Gasteiger partial charge >= 0.3 is 6.09 Å². The van der Waals surface area contributed by atoms with Crippen molar-refractivity contribution >= 4 is 17.7 Å². The quantitative estimate of drug-likeness (QED) is 0.734. The van der Waals surface area contributed by atoms with E-state index >= 15 is 0 Å². The van der Waals surface area contributed by atoms with Gasteiger partial charge in [0.2, 0.25) is 0 Å². The summed E-state index contributed by atoms with van der Waals surface area (Å²) in [6.45, 7) is -0.117. The maximum Gasteiger partial charge on any atom is 0.407 e. The number of rotatable bonds is 6. The molecule has 2 aromatic rings. The largest absolute Gasteiger partial charge is 0.445 e. The lowest BCUT2D eigenvalue weighted by Crippen LogP contribution is -2.35. The fraction of sp³-hybridized carbons (Fsp3) is 0.222. The van der Waals surface area contributed by atoms with Crippen molar-refractivity contribution < 1.29 is 19.7 Å². The highest BCUT2D eigenvalue weighted by molar-refractivity contribution is 6.30. The van der Waals surface area contributed by atoms with Crippen LogP contribution in [0.3, 0.4) is 0 Å².